The number of nitrogens with zero attached hydrogens (tertiary/aromatic N) is 9. The SMILES string of the molecule is N#CC1(N2Cc3cc(Cl)ccc3-n3c(nnc3N3CC4(CN(c5cnccn5)C4)C3)C2)CC1. The van der Waals surface area contributed by atoms with Gasteiger partial charge in [-0.05, 0) is 36.6 Å². The fraction of sp³-hybridized carbons (Fsp3) is 0.435. The highest BCUT2D eigenvalue weighted by Gasteiger charge is 2.54. The van der Waals surface area contributed by atoms with Crippen molar-refractivity contribution in [3.8, 4) is 11.8 Å². The molecule has 3 aliphatic heterocycles. The van der Waals surface area contributed by atoms with Crippen molar-refractivity contribution in [2.45, 2.75) is 31.5 Å². The Hall–Kier alpha value is -3.22. The van der Waals surface area contributed by atoms with Gasteiger partial charge in [0.2, 0.25) is 5.95 Å². The second-order valence-electron chi connectivity index (χ2n) is 9.80. The monoisotopic (exact) mass is 459 g/mol. The van der Waals surface area contributed by atoms with E-state index in [1.54, 1.807) is 12.4 Å². The molecule has 3 fully saturated rings. The third-order valence-electron chi connectivity index (χ3n) is 7.49. The number of halogens is 1. The van der Waals surface area contributed by atoms with Crippen LogP contribution in [-0.2, 0) is 13.1 Å². The Morgan fingerprint density at radius 2 is 1.82 bits per heavy atom. The molecule has 5 heterocycles. The van der Waals surface area contributed by atoms with Crippen LogP contribution in [0.25, 0.3) is 5.69 Å². The predicted octanol–water partition coefficient (Wildman–Crippen LogP) is 2.41. The second kappa shape index (κ2) is 6.65. The molecule has 2 saturated heterocycles. The van der Waals surface area contributed by atoms with E-state index in [-0.39, 0.29) is 5.41 Å². The van der Waals surface area contributed by atoms with Gasteiger partial charge in [-0.15, -0.1) is 10.2 Å². The highest BCUT2D eigenvalue weighted by molar-refractivity contribution is 6.30. The maximum absolute atomic E-state index is 9.81. The van der Waals surface area contributed by atoms with Gasteiger partial charge < -0.3 is 9.80 Å². The Morgan fingerprint density at radius 3 is 2.55 bits per heavy atom. The fourth-order valence-electron chi connectivity index (χ4n) is 5.60. The molecular weight excluding hydrogens is 438 g/mol. The van der Waals surface area contributed by atoms with E-state index < -0.39 is 5.54 Å². The quantitative estimate of drug-likeness (QED) is 0.589. The molecule has 1 saturated carbocycles. The zero-order valence-corrected chi connectivity index (χ0v) is 18.8. The van der Waals surface area contributed by atoms with Crippen LogP contribution in [0.1, 0.15) is 24.2 Å². The molecule has 0 radical (unpaired) electrons. The molecule has 1 aliphatic carbocycles. The van der Waals surface area contributed by atoms with Crippen molar-refractivity contribution in [1.29, 1.82) is 5.26 Å². The van der Waals surface area contributed by atoms with Gasteiger partial charge in [-0.2, -0.15) is 5.26 Å². The third-order valence-corrected chi connectivity index (χ3v) is 7.72. The van der Waals surface area contributed by atoms with Crippen molar-refractivity contribution in [2.24, 2.45) is 5.41 Å². The van der Waals surface area contributed by atoms with E-state index in [2.05, 4.69) is 51.6 Å². The molecule has 1 spiro atoms. The molecule has 0 amide bonds. The Morgan fingerprint density at radius 1 is 1.00 bits per heavy atom. The first kappa shape index (κ1) is 19.3. The Kier molecular flexibility index (Phi) is 3.88. The first-order valence-electron chi connectivity index (χ1n) is 11.2. The smallest absolute Gasteiger partial charge is 0.231 e. The first-order valence-corrected chi connectivity index (χ1v) is 11.6. The van der Waals surface area contributed by atoms with E-state index in [9.17, 15) is 5.26 Å². The maximum Gasteiger partial charge on any atom is 0.231 e. The summed E-state index contributed by atoms with van der Waals surface area (Å²) in [5.41, 5.74) is 2.04. The predicted molar refractivity (Wildman–Crippen MR) is 122 cm³/mol. The van der Waals surface area contributed by atoms with Crippen LogP contribution in [0.3, 0.4) is 0 Å². The lowest BCUT2D eigenvalue weighted by Crippen LogP contribution is -2.73. The van der Waals surface area contributed by atoms with Gasteiger partial charge in [-0.1, -0.05) is 11.6 Å². The van der Waals surface area contributed by atoms with Crippen LogP contribution in [0.5, 0.6) is 0 Å². The molecule has 0 unspecified atom stereocenters. The van der Waals surface area contributed by atoms with Crippen LogP contribution in [0.4, 0.5) is 11.8 Å². The van der Waals surface area contributed by atoms with Crippen LogP contribution >= 0.6 is 11.6 Å². The van der Waals surface area contributed by atoms with Crippen molar-refractivity contribution in [3.63, 3.8) is 0 Å². The number of nitriles is 1. The van der Waals surface area contributed by atoms with Crippen LogP contribution in [0, 0.1) is 16.7 Å². The van der Waals surface area contributed by atoms with E-state index in [4.69, 9.17) is 11.6 Å². The maximum atomic E-state index is 9.81. The van der Waals surface area contributed by atoms with Crippen LogP contribution in [0.15, 0.2) is 36.8 Å². The van der Waals surface area contributed by atoms with Gasteiger partial charge in [-0.25, -0.2) is 4.98 Å². The highest BCUT2D eigenvalue weighted by atomic mass is 35.5. The average Bonchev–Trinajstić information content (AvgIpc) is 3.50. The summed E-state index contributed by atoms with van der Waals surface area (Å²) < 4.78 is 2.17. The van der Waals surface area contributed by atoms with E-state index >= 15 is 0 Å². The number of aromatic nitrogens is 5. The van der Waals surface area contributed by atoms with Crippen molar-refractivity contribution >= 4 is 23.4 Å². The van der Waals surface area contributed by atoms with Crippen molar-refractivity contribution in [1.82, 2.24) is 29.6 Å². The van der Waals surface area contributed by atoms with Gasteiger partial charge in [0.15, 0.2) is 5.82 Å². The molecule has 0 bridgehead atoms. The third kappa shape index (κ3) is 2.87. The number of rotatable bonds is 3. The molecule has 7 rings (SSSR count). The number of hydrogen-bond donors (Lipinski definition) is 0. The van der Waals surface area contributed by atoms with E-state index in [1.165, 1.54) is 0 Å². The summed E-state index contributed by atoms with van der Waals surface area (Å²) in [4.78, 5) is 15.4. The van der Waals surface area contributed by atoms with Gasteiger partial charge in [0.05, 0.1) is 24.5 Å². The molecule has 9 nitrogen and oxygen atoms in total. The van der Waals surface area contributed by atoms with Gasteiger partial charge in [0.25, 0.3) is 0 Å². The van der Waals surface area contributed by atoms with Gasteiger partial charge in [0, 0.05) is 55.6 Å². The number of anilines is 2. The van der Waals surface area contributed by atoms with Crippen LogP contribution < -0.4 is 9.80 Å². The summed E-state index contributed by atoms with van der Waals surface area (Å²) >= 11 is 6.36. The molecule has 3 aromatic rings. The second-order valence-corrected chi connectivity index (χ2v) is 10.2. The normalized spacial score (nSPS) is 21.9. The lowest BCUT2D eigenvalue weighted by atomic mass is 9.73. The number of hydrogen-bond acceptors (Lipinski definition) is 8. The van der Waals surface area contributed by atoms with E-state index in [0.29, 0.717) is 18.1 Å². The van der Waals surface area contributed by atoms with Crippen molar-refractivity contribution < 1.29 is 0 Å². The summed E-state index contributed by atoms with van der Waals surface area (Å²) in [5.74, 6) is 2.69. The summed E-state index contributed by atoms with van der Waals surface area (Å²) in [6.07, 6.45) is 7.07. The molecule has 0 N–H and O–H groups in total. The zero-order chi connectivity index (χ0) is 22.2. The lowest BCUT2D eigenvalue weighted by Gasteiger charge is -2.60. The molecule has 0 atom stereocenters. The van der Waals surface area contributed by atoms with Gasteiger partial charge >= 0.3 is 0 Å². The minimum absolute atomic E-state index is 0.266. The van der Waals surface area contributed by atoms with E-state index in [1.807, 2.05) is 18.3 Å². The largest absolute Gasteiger partial charge is 0.354 e. The van der Waals surface area contributed by atoms with E-state index in [0.717, 1.165) is 67.9 Å². The molecule has 1 aromatic carbocycles. The summed E-state index contributed by atoms with van der Waals surface area (Å²) in [7, 11) is 0. The first-order chi connectivity index (χ1) is 16.1. The highest BCUT2D eigenvalue weighted by Crippen LogP contribution is 2.46. The Labute approximate surface area is 196 Å². The molecule has 166 valence electrons. The number of benzene rings is 1. The minimum Gasteiger partial charge on any atom is -0.354 e. The Bertz CT molecular complexity index is 1280. The topological polar surface area (TPSA) is 90.0 Å². The Balaban J connectivity index is 1.17. The summed E-state index contributed by atoms with van der Waals surface area (Å²) in [5, 5.41) is 19.7. The zero-order valence-electron chi connectivity index (χ0n) is 18.0. The van der Waals surface area contributed by atoms with Crippen LogP contribution in [0.2, 0.25) is 5.02 Å². The molecule has 33 heavy (non-hydrogen) atoms. The molecule has 10 heteroatoms. The standard InChI is InChI=1S/C23H22ClN9/c24-17-1-2-18-16(7-17)9-32(23(11-25)3-4-23)10-20-28-29-21(33(18)20)31-14-22(15-31)12-30(13-22)19-8-26-5-6-27-19/h1-2,5-8H,3-4,9-10,12-15H2. The fourth-order valence-corrected chi connectivity index (χ4v) is 5.79. The molecular formula is C23H22ClN9. The van der Waals surface area contributed by atoms with Crippen molar-refractivity contribution in [3.05, 3.63) is 53.2 Å². The average molecular weight is 460 g/mol. The number of fused-ring (bicyclic) bond motifs is 3. The van der Waals surface area contributed by atoms with Gasteiger partial charge in [-0.3, -0.25) is 14.5 Å². The lowest BCUT2D eigenvalue weighted by molar-refractivity contribution is 0.153. The minimum atomic E-state index is -0.391. The summed E-state index contributed by atoms with van der Waals surface area (Å²) in [6, 6.07) is 8.52. The molecule has 2 aromatic heterocycles. The van der Waals surface area contributed by atoms with Crippen molar-refractivity contribution in [2.75, 3.05) is 36.0 Å². The van der Waals surface area contributed by atoms with Crippen LogP contribution in [-0.4, -0.2) is 61.4 Å². The molecule has 4 aliphatic rings. The van der Waals surface area contributed by atoms with Gasteiger partial charge in [0.1, 0.15) is 11.4 Å². The summed E-state index contributed by atoms with van der Waals surface area (Å²) in [6.45, 7) is 5.13.